The minimum Gasteiger partial charge on any atom is -0.469 e. The van der Waals surface area contributed by atoms with E-state index in [0.29, 0.717) is 6.61 Å². The average molecular weight is 435 g/mol. The van der Waals surface area contributed by atoms with Crippen LogP contribution in [0.3, 0.4) is 0 Å². The summed E-state index contributed by atoms with van der Waals surface area (Å²) in [5, 5.41) is 0. The normalized spacial score (nSPS) is 21.3. The molecule has 0 saturated carbocycles. The Morgan fingerprint density at radius 3 is 2.10 bits per heavy atom. The average Bonchev–Trinajstić information content (AvgIpc) is 2.80. The number of hydrogen-bond acceptors (Lipinski definition) is 4. The van der Waals surface area contributed by atoms with Gasteiger partial charge in [0, 0.05) is 7.11 Å². The molecule has 0 aromatic heterocycles. The second kappa shape index (κ2) is 18.2. The summed E-state index contributed by atoms with van der Waals surface area (Å²) in [6.07, 6.45) is 29.5. The summed E-state index contributed by atoms with van der Waals surface area (Å²) in [6, 6.07) is 0. The molecule has 31 heavy (non-hydrogen) atoms. The number of methoxy groups -OCH3 is 2. The number of carbonyl (C=O) groups excluding carboxylic acids is 1. The molecule has 0 aromatic carbocycles. The molecule has 0 amide bonds. The summed E-state index contributed by atoms with van der Waals surface area (Å²) in [6.45, 7) is 2.56. The van der Waals surface area contributed by atoms with Gasteiger partial charge in [-0.1, -0.05) is 101 Å². The van der Waals surface area contributed by atoms with E-state index in [1.54, 1.807) is 7.11 Å². The Hall–Kier alpha value is -1.39. The van der Waals surface area contributed by atoms with Gasteiger partial charge in [0.15, 0.2) is 0 Å². The Labute approximate surface area is 191 Å². The fourth-order valence-corrected chi connectivity index (χ4v) is 3.96. The second-order valence-corrected chi connectivity index (χ2v) is 8.64. The van der Waals surface area contributed by atoms with Gasteiger partial charge in [-0.15, -0.1) is 0 Å². The lowest BCUT2D eigenvalue weighted by Crippen LogP contribution is -2.40. The van der Waals surface area contributed by atoms with Crippen molar-refractivity contribution in [3.8, 4) is 0 Å². The van der Waals surface area contributed by atoms with Crippen molar-refractivity contribution in [2.75, 3.05) is 20.8 Å². The first-order chi connectivity index (χ1) is 15.2. The number of ether oxygens (including phenoxy) is 3. The van der Waals surface area contributed by atoms with Crippen LogP contribution < -0.4 is 0 Å². The van der Waals surface area contributed by atoms with Crippen molar-refractivity contribution in [1.82, 2.24) is 0 Å². The molecule has 2 unspecified atom stereocenters. The first kappa shape index (κ1) is 27.6. The maximum Gasteiger partial charge on any atom is 0.308 e. The molecular weight excluding hydrogens is 388 g/mol. The molecule has 178 valence electrons. The summed E-state index contributed by atoms with van der Waals surface area (Å²) >= 11 is 0. The van der Waals surface area contributed by atoms with Crippen LogP contribution in [0.4, 0.5) is 0 Å². The van der Waals surface area contributed by atoms with Crippen molar-refractivity contribution in [1.29, 1.82) is 0 Å². The zero-order chi connectivity index (χ0) is 22.6. The van der Waals surface area contributed by atoms with Crippen LogP contribution in [0.1, 0.15) is 96.8 Å². The molecule has 2 atom stereocenters. The number of allylic oxidation sites excluding steroid dienone is 4. The molecule has 0 fully saturated rings. The third-order valence-electron chi connectivity index (χ3n) is 6.07. The Kier molecular flexibility index (Phi) is 16.2. The van der Waals surface area contributed by atoms with Gasteiger partial charge in [-0.2, -0.15) is 0 Å². The van der Waals surface area contributed by atoms with Crippen molar-refractivity contribution in [3.63, 3.8) is 0 Å². The highest BCUT2D eigenvalue weighted by Crippen LogP contribution is 2.27. The number of rotatable bonds is 18. The highest BCUT2D eigenvalue weighted by atomic mass is 16.5. The van der Waals surface area contributed by atoms with Crippen LogP contribution in [0.15, 0.2) is 36.5 Å². The maximum atomic E-state index is 11.4. The molecule has 1 heterocycles. The lowest BCUT2D eigenvalue weighted by atomic mass is 9.93. The van der Waals surface area contributed by atoms with Crippen LogP contribution in [0.25, 0.3) is 0 Å². The fraction of sp³-hybridized carbons (Fsp3) is 0.741. The third kappa shape index (κ3) is 13.6. The topological polar surface area (TPSA) is 44.8 Å². The molecule has 4 nitrogen and oxygen atoms in total. The molecule has 1 rings (SSSR count). The molecular formula is C27H46O4. The van der Waals surface area contributed by atoms with Crippen LogP contribution in [-0.2, 0) is 19.0 Å². The molecule has 0 N–H and O–H groups in total. The third-order valence-corrected chi connectivity index (χ3v) is 6.07. The summed E-state index contributed by atoms with van der Waals surface area (Å²) in [4.78, 5) is 11.4. The molecule has 0 saturated heterocycles. The largest absolute Gasteiger partial charge is 0.469 e. The van der Waals surface area contributed by atoms with Gasteiger partial charge in [-0.05, 0) is 26.2 Å². The molecule has 0 aromatic rings. The van der Waals surface area contributed by atoms with Crippen molar-refractivity contribution in [2.24, 2.45) is 0 Å². The van der Waals surface area contributed by atoms with Crippen LogP contribution >= 0.6 is 0 Å². The van der Waals surface area contributed by atoms with Crippen LogP contribution in [0.2, 0.25) is 0 Å². The molecule has 0 aliphatic carbocycles. The quantitative estimate of drug-likeness (QED) is 0.0999. The summed E-state index contributed by atoms with van der Waals surface area (Å²) in [5.74, 6) is -0.243. The predicted molar refractivity (Wildman–Crippen MR) is 129 cm³/mol. The predicted octanol–water partition coefficient (Wildman–Crippen LogP) is 7.09. The van der Waals surface area contributed by atoms with Crippen molar-refractivity contribution >= 4 is 5.97 Å². The van der Waals surface area contributed by atoms with E-state index in [0.717, 1.165) is 12.8 Å². The SMILES string of the molecule is CC=CC=CCCCCCCCCCCCCCC1(OC)C=CC(CC(=O)OC)OC1. The Morgan fingerprint density at radius 2 is 1.58 bits per heavy atom. The highest BCUT2D eigenvalue weighted by Gasteiger charge is 2.32. The van der Waals surface area contributed by atoms with Crippen LogP contribution in [0.5, 0.6) is 0 Å². The van der Waals surface area contributed by atoms with Gasteiger partial charge in [0.25, 0.3) is 0 Å². The van der Waals surface area contributed by atoms with E-state index >= 15 is 0 Å². The van der Waals surface area contributed by atoms with E-state index in [9.17, 15) is 4.79 Å². The minimum atomic E-state index is -0.338. The van der Waals surface area contributed by atoms with Crippen molar-refractivity contribution in [2.45, 2.75) is 109 Å². The molecule has 1 aliphatic rings. The first-order valence-electron chi connectivity index (χ1n) is 12.4. The van der Waals surface area contributed by atoms with Gasteiger partial charge in [0.05, 0.1) is 26.2 Å². The van der Waals surface area contributed by atoms with E-state index in [1.165, 1.54) is 77.7 Å². The van der Waals surface area contributed by atoms with Crippen molar-refractivity contribution < 1.29 is 19.0 Å². The zero-order valence-corrected chi connectivity index (χ0v) is 20.3. The van der Waals surface area contributed by atoms with Gasteiger partial charge in [-0.25, -0.2) is 0 Å². The standard InChI is InChI=1S/C27H46O4/c1-4-5-6-7-8-9-10-11-12-13-14-15-16-17-18-19-21-27(30-3)22-20-25(31-24-27)23-26(28)29-2/h4-7,20,22,25H,8-19,21,23-24H2,1-3H3. The fourth-order valence-electron chi connectivity index (χ4n) is 3.96. The summed E-state index contributed by atoms with van der Waals surface area (Å²) in [7, 11) is 3.15. The van der Waals surface area contributed by atoms with Gasteiger partial charge < -0.3 is 14.2 Å². The molecule has 0 radical (unpaired) electrons. The van der Waals surface area contributed by atoms with Gasteiger partial charge in [0.1, 0.15) is 5.60 Å². The maximum absolute atomic E-state index is 11.4. The Bertz CT molecular complexity index is 537. The van der Waals surface area contributed by atoms with Crippen molar-refractivity contribution in [3.05, 3.63) is 36.5 Å². The molecule has 1 aliphatic heterocycles. The highest BCUT2D eigenvalue weighted by molar-refractivity contribution is 5.70. The minimum absolute atomic E-state index is 0.198. The smallest absolute Gasteiger partial charge is 0.308 e. The van der Waals surface area contributed by atoms with Gasteiger partial charge in [-0.3, -0.25) is 4.79 Å². The first-order valence-corrected chi connectivity index (χ1v) is 12.4. The van der Waals surface area contributed by atoms with Gasteiger partial charge in [0.2, 0.25) is 0 Å². The number of carbonyl (C=O) groups is 1. The summed E-state index contributed by atoms with van der Waals surface area (Å²) < 4.78 is 16.3. The van der Waals surface area contributed by atoms with E-state index in [-0.39, 0.29) is 24.1 Å². The number of esters is 1. The molecule has 4 heteroatoms. The Balaban J connectivity index is 1.97. The number of hydrogen-bond donors (Lipinski definition) is 0. The lowest BCUT2D eigenvalue weighted by Gasteiger charge is -2.34. The van der Waals surface area contributed by atoms with Crippen LogP contribution in [-0.4, -0.2) is 38.5 Å². The second-order valence-electron chi connectivity index (χ2n) is 8.64. The summed E-state index contributed by atoms with van der Waals surface area (Å²) in [5.41, 5.74) is -0.338. The van der Waals surface area contributed by atoms with E-state index in [2.05, 4.69) is 37.3 Å². The Morgan fingerprint density at radius 1 is 0.968 bits per heavy atom. The monoisotopic (exact) mass is 434 g/mol. The number of unbranched alkanes of at least 4 members (excludes halogenated alkanes) is 11. The van der Waals surface area contributed by atoms with E-state index < -0.39 is 0 Å². The zero-order valence-electron chi connectivity index (χ0n) is 20.3. The van der Waals surface area contributed by atoms with Gasteiger partial charge >= 0.3 is 5.97 Å². The lowest BCUT2D eigenvalue weighted by molar-refractivity contribution is -0.145. The van der Waals surface area contributed by atoms with E-state index in [4.69, 9.17) is 14.2 Å². The van der Waals surface area contributed by atoms with Crippen LogP contribution in [0, 0.1) is 0 Å². The molecule has 0 spiro atoms. The molecule has 0 bridgehead atoms. The van der Waals surface area contributed by atoms with E-state index in [1.807, 2.05) is 6.08 Å².